The van der Waals surface area contributed by atoms with Gasteiger partial charge in [0.05, 0.1) is 11.5 Å². The van der Waals surface area contributed by atoms with E-state index in [4.69, 9.17) is 0 Å². The number of amides is 2. The summed E-state index contributed by atoms with van der Waals surface area (Å²) in [6.45, 7) is 4.56. The highest BCUT2D eigenvalue weighted by Gasteiger charge is 2.56. The molecule has 2 aliphatic heterocycles. The van der Waals surface area contributed by atoms with Crippen molar-refractivity contribution in [3.8, 4) is 0 Å². The number of likely N-dealkylation sites (tertiary alicyclic amines) is 1. The first kappa shape index (κ1) is 18.7. The van der Waals surface area contributed by atoms with Crippen LogP contribution in [0.1, 0.15) is 33.1 Å². The predicted octanol–water partition coefficient (Wildman–Crippen LogP) is 2.82. The van der Waals surface area contributed by atoms with Crippen molar-refractivity contribution in [2.45, 2.75) is 50.9 Å². The first-order chi connectivity index (χ1) is 12.2. The van der Waals surface area contributed by atoms with Crippen molar-refractivity contribution >= 4 is 11.8 Å². The summed E-state index contributed by atoms with van der Waals surface area (Å²) in [6.07, 6.45) is -1.28. The maximum atomic E-state index is 13.2. The van der Waals surface area contributed by atoms with Crippen LogP contribution < -0.4 is 10.2 Å². The Bertz CT molecular complexity index is 629. The molecule has 1 atom stereocenters. The number of carbonyl (C=O) groups excluding carboxylic acids is 1. The number of anilines is 1. The summed E-state index contributed by atoms with van der Waals surface area (Å²) in [4.78, 5) is 16.0. The molecule has 0 spiro atoms. The van der Waals surface area contributed by atoms with Crippen LogP contribution in [0.15, 0.2) is 18.3 Å². The van der Waals surface area contributed by atoms with E-state index in [2.05, 4.69) is 20.4 Å². The minimum atomic E-state index is -4.29. The maximum Gasteiger partial charge on any atom is 0.394 e. The van der Waals surface area contributed by atoms with E-state index in [1.165, 1.54) is 18.7 Å². The molecule has 1 aromatic heterocycles. The van der Waals surface area contributed by atoms with Crippen LogP contribution >= 0.6 is 0 Å². The minimum Gasteiger partial charge on any atom is -0.355 e. The number of carbonyl (C=O) groups is 1. The van der Waals surface area contributed by atoms with E-state index in [9.17, 15) is 18.0 Å². The number of hydrogen-bond donors (Lipinski definition) is 1. The van der Waals surface area contributed by atoms with Gasteiger partial charge < -0.3 is 15.1 Å². The number of rotatable bonds is 2. The smallest absolute Gasteiger partial charge is 0.355 e. The molecular weight excluding hydrogens is 347 g/mol. The molecular formula is C17H24F3N5O. The van der Waals surface area contributed by atoms with Crippen LogP contribution in [0.5, 0.6) is 0 Å². The summed E-state index contributed by atoms with van der Waals surface area (Å²) < 4.78 is 39.5. The fraction of sp³-hybridized carbons (Fsp3) is 0.706. The normalized spacial score (nSPS) is 24.0. The number of hydrogen-bond acceptors (Lipinski definition) is 4. The van der Waals surface area contributed by atoms with Crippen molar-refractivity contribution in [1.29, 1.82) is 0 Å². The van der Waals surface area contributed by atoms with E-state index in [-0.39, 0.29) is 19.0 Å². The van der Waals surface area contributed by atoms with Crippen LogP contribution in [0.2, 0.25) is 0 Å². The van der Waals surface area contributed by atoms with E-state index in [1.54, 1.807) is 6.20 Å². The van der Waals surface area contributed by atoms with Crippen LogP contribution in [-0.4, -0.2) is 58.5 Å². The van der Waals surface area contributed by atoms with E-state index in [0.717, 1.165) is 31.7 Å². The van der Waals surface area contributed by atoms with E-state index < -0.39 is 23.7 Å². The highest BCUT2D eigenvalue weighted by Crippen LogP contribution is 2.44. The lowest BCUT2D eigenvalue weighted by Crippen LogP contribution is -2.55. The van der Waals surface area contributed by atoms with Gasteiger partial charge in [0.15, 0.2) is 5.82 Å². The monoisotopic (exact) mass is 371 g/mol. The number of aromatic nitrogens is 2. The molecule has 1 aromatic rings. The lowest BCUT2D eigenvalue weighted by Gasteiger charge is -2.38. The lowest BCUT2D eigenvalue weighted by molar-refractivity contribution is -0.189. The first-order valence-electron chi connectivity index (χ1n) is 8.87. The fourth-order valence-electron chi connectivity index (χ4n) is 3.98. The van der Waals surface area contributed by atoms with Gasteiger partial charge in [-0.1, -0.05) is 0 Å². The summed E-state index contributed by atoms with van der Waals surface area (Å²) in [5.74, 6) is -0.690. The second-order valence-corrected chi connectivity index (χ2v) is 7.48. The molecule has 0 aliphatic carbocycles. The Kier molecular flexibility index (Phi) is 4.98. The van der Waals surface area contributed by atoms with Gasteiger partial charge >= 0.3 is 12.2 Å². The Morgan fingerprint density at radius 2 is 1.92 bits per heavy atom. The molecule has 1 N–H and O–H groups in total. The van der Waals surface area contributed by atoms with E-state index in [1.807, 2.05) is 12.1 Å². The second kappa shape index (κ2) is 6.92. The summed E-state index contributed by atoms with van der Waals surface area (Å²) >= 11 is 0. The molecule has 0 aromatic carbocycles. The Morgan fingerprint density at radius 1 is 1.23 bits per heavy atom. The Labute approximate surface area is 150 Å². The molecule has 2 fully saturated rings. The van der Waals surface area contributed by atoms with Gasteiger partial charge in [0, 0.05) is 31.9 Å². The topological polar surface area (TPSA) is 61.4 Å². The quantitative estimate of drug-likeness (QED) is 0.869. The molecule has 2 saturated heterocycles. The van der Waals surface area contributed by atoms with Gasteiger partial charge in [-0.15, -0.1) is 5.10 Å². The van der Waals surface area contributed by atoms with Crippen LogP contribution in [-0.2, 0) is 0 Å². The van der Waals surface area contributed by atoms with Crippen LogP contribution in [0.4, 0.5) is 23.8 Å². The van der Waals surface area contributed by atoms with Gasteiger partial charge in [-0.05, 0) is 45.2 Å². The molecule has 9 heteroatoms. The molecule has 0 saturated carbocycles. The molecule has 0 bridgehead atoms. The molecule has 3 rings (SSSR count). The van der Waals surface area contributed by atoms with Crippen LogP contribution in [0.25, 0.3) is 0 Å². The molecule has 3 heterocycles. The van der Waals surface area contributed by atoms with Gasteiger partial charge in [0.1, 0.15) is 0 Å². The predicted molar refractivity (Wildman–Crippen MR) is 90.7 cm³/mol. The second-order valence-electron chi connectivity index (χ2n) is 7.48. The summed E-state index contributed by atoms with van der Waals surface area (Å²) in [5.41, 5.74) is -1.23. The third kappa shape index (κ3) is 3.71. The van der Waals surface area contributed by atoms with Crippen LogP contribution in [0.3, 0.4) is 0 Å². The molecule has 1 unspecified atom stereocenters. The maximum absolute atomic E-state index is 13.2. The van der Waals surface area contributed by atoms with Crippen molar-refractivity contribution in [1.82, 2.24) is 20.4 Å². The highest BCUT2D eigenvalue weighted by molar-refractivity contribution is 5.76. The first-order valence-corrected chi connectivity index (χ1v) is 8.87. The summed E-state index contributed by atoms with van der Waals surface area (Å²) in [5, 5.41) is 10.9. The molecule has 6 nitrogen and oxygen atoms in total. The van der Waals surface area contributed by atoms with Gasteiger partial charge in [-0.3, -0.25) is 0 Å². The summed E-state index contributed by atoms with van der Waals surface area (Å²) in [7, 11) is 0. The third-order valence-electron chi connectivity index (χ3n) is 5.53. The third-order valence-corrected chi connectivity index (χ3v) is 5.53. The number of halogens is 3. The van der Waals surface area contributed by atoms with Crippen molar-refractivity contribution in [3.05, 3.63) is 18.3 Å². The highest BCUT2D eigenvalue weighted by atomic mass is 19.4. The van der Waals surface area contributed by atoms with Crippen molar-refractivity contribution in [3.63, 3.8) is 0 Å². The number of nitrogens with zero attached hydrogens (tertiary/aromatic N) is 4. The van der Waals surface area contributed by atoms with Gasteiger partial charge in [-0.25, -0.2) is 4.79 Å². The number of urea groups is 1. The Balaban J connectivity index is 1.55. The zero-order valence-corrected chi connectivity index (χ0v) is 15.0. The molecule has 144 valence electrons. The fourth-order valence-corrected chi connectivity index (χ4v) is 3.98. The Morgan fingerprint density at radius 3 is 2.46 bits per heavy atom. The van der Waals surface area contributed by atoms with E-state index in [0.29, 0.717) is 0 Å². The van der Waals surface area contributed by atoms with Crippen molar-refractivity contribution < 1.29 is 18.0 Å². The summed E-state index contributed by atoms with van der Waals surface area (Å²) in [6, 6.07) is 3.26. The van der Waals surface area contributed by atoms with Gasteiger partial charge in [0.2, 0.25) is 0 Å². The number of piperidine rings is 1. The zero-order valence-electron chi connectivity index (χ0n) is 15.0. The van der Waals surface area contributed by atoms with E-state index >= 15 is 0 Å². The lowest BCUT2D eigenvalue weighted by atomic mass is 9.88. The molecule has 2 aliphatic rings. The van der Waals surface area contributed by atoms with Crippen LogP contribution in [0, 0.1) is 5.92 Å². The average Bonchev–Trinajstić information content (AvgIpc) is 2.91. The van der Waals surface area contributed by atoms with Crippen molar-refractivity contribution in [2.75, 3.05) is 24.5 Å². The molecule has 26 heavy (non-hydrogen) atoms. The SMILES string of the molecule is CC1(C)C(C(F)(F)F)CCN1C(=O)NC1CCN(c2cccnn2)CC1. The Hall–Kier alpha value is -2.06. The van der Waals surface area contributed by atoms with Gasteiger partial charge in [0.25, 0.3) is 0 Å². The van der Waals surface area contributed by atoms with Gasteiger partial charge in [-0.2, -0.15) is 18.3 Å². The molecule has 2 amide bonds. The van der Waals surface area contributed by atoms with Crippen molar-refractivity contribution in [2.24, 2.45) is 5.92 Å². The number of alkyl halides is 3. The largest absolute Gasteiger partial charge is 0.394 e. The number of nitrogens with one attached hydrogen (secondary N) is 1. The minimum absolute atomic E-state index is 0.0452. The molecule has 0 radical (unpaired) electrons. The standard InChI is InChI=1S/C17H24F3N5O/c1-16(2)13(17(18,19)20)7-11-25(16)15(26)22-12-5-9-24(10-6-12)14-4-3-8-21-23-14/h3-4,8,12-13H,5-7,9-11H2,1-2H3,(H,22,26). The zero-order chi connectivity index (χ0) is 18.9. The average molecular weight is 371 g/mol.